The number of thioether (sulfide) groups is 1. The smallest absolute Gasteiger partial charge is 0.0661 e. The summed E-state index contributed by atoms with van der Waals surface area (Å²) in [5, 5.41) is 43.6. The molecule has 0 aromatic carbocycles. The topological polar surface area (TPSA) is 80.9 Å². The second-order valence-corrected chi connectivity index (χ2v) is 13.5. The van der Waals surface area contributed by atoms with Crippen molar-refractivity contribution in [2.24, 2.45) is 28.6 Å². The normalized spacial score (nSPS) is 43.8. The monoisotopic (exact) mass is 478 g/mol. The molecule has 0 bridgehead atoms. The second kappa shape index (κ2) is 9.28. The molecule has 4 N–H and O–H groups in total. The molecule has 4 aliphatic rings. The fraction of sp³-hybridized carbons (Fsp3) is 0.857. The summed E-state index contributed by atoms with van der Waals surface area (Å²) < 4.78 is 0. The van der Waals surface area contributed by atoms with Crippen molar-refractivity contribution < 1.29 is 20.4 Å². The highest BCUT2D eigenvalue weighted by atomic mass is 32.2. The van der Waals surface area contributed by atoms with E-state index in [2.05, 4.69) is 46.8 Å². The van der Waals surface area contributed by atoms with Crippen molar-refractivity contribution in [1.82, 2.24) is 0 Å². The first-order valence-corrected chi connectivity index (χ1v) is 14.3. The highest BCUT2D eigenvalue weighted by Gasteiger charge is 2.61. The second-order valence-electron chi connectivity index (χ2n) is 12.0. The summed E-state index contributed by atoms with van der Waals surface area (Å²) in [5.74, 6) is 1.81. The minimum absolute atomic E-state index is 0.0564. The van der Waals surface area contributed by atoms with E-state index in [4.69, 9.17) is 0 Å². The van der Waals surface area contributed by atoms with Gasteiger partial charge < -0.3 is 20.4 Å². The van der Waals surface area contributed by atoms with Gasteiger partial charge in [0.15, 0.2) is 0 Å². The van der Waals surface area contributed by atoms with Crippen molar-refractivity contribution >= 4 is 11.8 Å². The number of hydrogen-bond donors (Lipinski definition) is 4. The molecule has 0 radical (unpaired) electrons. The molecule has 5 heteroatoms. The van der Waals surface area contributed by atoms with Crippen LogP contribution in [0.5, 0.6) is 0 Å². The van der Waals surface area contributed by atoms with Gasteiger partial charge in [0, 0.05) is 23.0 Å². The van der Waals surface area contributed by atoms with E-state index in [1.807, 2.05) is 11.8 Å². The lowest BCUT2D eigenvalue weighted by atomic mass is 9.49. The van der Waals surface area contributed by atoms with Crippen LogP contribution in [0.2, 0.25) is 0 Å². The SMILES string of the molecule is CCC(O)(CC)CCSC(C)[C@H]1C(O)C[C@H]2C3=CC=C4CC(O)CC(O)[C@]4(C)[C@H]3CC[C@]12C. The Labute approximate surface area is 204 Å². The average Bonchev–Trinajstić information content (AvgIpc) is 3.04. The van der Waals surface area contributed by atoms with Gasteiger partial charge in [-0.25, -0.2) is 0 Å². The maximum Gasteiger partial charge on any atom is 0.0661 e. The highest BCUT2D eigenvalue weighted by Crippen LogP contribution is 2.66. The van der Waals surface area contributed by atoms with Gasteiger partial charge in [0.25, 0.3) is 0 Å². The molecular weight excluding hydrogens is 432 g/mol. The molecule has 33 heavy (non-hydrogen) atoms. The number of allylic oxidation sites excluding steroid dienone is 3. The minimum Gasteiger partial charge on any atom is -0.393 e. The van der Waals surface area contributed by atoms with E-state index in [9.17, 15) is 20.4 Å². The first-order valence-electron chi connectivity index (χ1n) is 13.3. The third-order valence-corrected chi connectivity index (χ3v) is 11.8. The average molecular weight is 479 g/mol. The predicted molar refractivity (Wildman–Crippen MR) is 136 cm³/mol. The van der Waals surface area contributed by atoms with Gasteiger partial charge >= 0.3 is 0 Å². The lowest BCUT2D eigenvalue weighted by molar-refractivity contribution is -0.0534. The molecular formula is C28H46O4S. The van der Waals surface area contributed by atoms with Crippen LogP contribution < -0.4 is 0 Å². The van der Waals surface area contributed by atoms with Crippen LogP contribution in [-0.4, -0.2) is 55.3 Å². The van der Waals surface area contributed by atoms with E-state index >= 15 is 0 Å². The van der Waals surface area contributed by atoms with Crippen LogP contribution >= 0.6 is 11.8 Å². The van der Waals surface area contributed by atoms with Crippen LogP contribution in [-0.2, 0) is 0 Å². The van der Waals surface area contributed by atoms with E-state index in [0.29, 0.717) is 29.9 Å². The van der Waals surface area contributed by atoms with E-state index in [1.165, 1.54) is 11.1 Å². The van der Waals surface area contributed by atoms with Crippen LogP contribution in [0.1, 0.15) is 86.0 Å². The lowest BCUT2D eigenvalue weighted by Gasteiger charge is -2.56. The van der Waals surface area contributed by atoms with Crippen LogP contribution in [0, 0.1) is 28.6 Å². The zero-order valence-corrected chi connectivity index (χ0v) is 22.1. The van der Waals surface area contributed by atoms with E-state index < -0.39 is 17.8 Å². The zero-order valence-electron chi connectivity index (χ0n) is 21.3. The maximum atomic E-state index is 11.3. The molecule has 0 spiro atoms. The van der Waals surface area contributed by atoms with Gasteiger partial charge in [0.1, 0.15) is 0 Å². The van der Waals surface area contributed by atoms with E-state index in [-0.39, 0.29) is 22.9 Å². The summed E-state index contributed by atoms with van der Waals surface area (Å²) in [7, 11) is 0. The summed E-state index contributed by atoms with van der Waals surface area (Å²) in [6.45, 7) is 11.0. The predicted octanol–water partition coefficient (Wildman–Crippen LogP) is 4.85. The van der Waals surface area contributed by atoms with Gasteiger partial charge in [-0.15, -0.1) is 0 Å². The molecule has 4 rings (SSSR count). The number of fused-ring (bicyclic) bond motifs is 5. The summed E-state index contributed by atoms with van der Waals surface area (Å²) in [6, 6.07) is 0. The van der Waals surface area contributed by atoms with Crippen LogP contribution in [0.15, 0.2) is 23.3 Å². The Balaban J connectivity index is 1.53. The fourth-order valence-electron chi connectivity index (χ4n) is 8.10. The molecule has 0 heterocycles. The Morgan fingerprint density at radius 2 is 1.79 bits per heavy atom. The minimum atomic E-state index is -0.563. The molecule has 9 atom stereocenters. The molecule has 4 aliphatic carbocycles. The number of rotatable bonds is 7. The molecule has 4 unspecified atom stereocenters. The first kappa shape index (κ1) is 25.8. The quantitative estimate of drug-likeness (QED) is 0.421. The van der Waals surface area contributed by atoms with Crippen molar-refractivity contribution in [2.45, 2.75) is 115 Å². The van der Waals surface area contributed by atoms with Crippen LogP contribution in [0.25, 0.3) is 0 Å². The lowest BCUT2D eigenvalue weighted by Crippen LogP contribution is -2.52. The maximum absolute atomic E-state index is 11.3. The molecule has 0 aromatic rings. The third kappa shape index (κ3) is 4.18. The van der Waals surface area contributed by atoms with Crippen LogP contribution in [0.3, 0.4) is 0 Å². The molecule has 0 amide bonds. The van der Waals surface area contributed by atoms with Gasteiger partial charge in [0.2, 0.25) is 0 Å². The van der Waals surface area contributed by atoms with Gasteiger partial charge in [0.05, 0.1) is 23.9 Å². The third-order valence-electron chi connectivity index (χ3n) is 10.5. The van der Waals surface area contributed by atoms with Crippen molar-refractivity contribution in [2.75, 3.05) is 5.75 Å². The standard InChI is InChI=1S/C28H46O4S/c1-6-28(32,7-2)12-13-33-17(3)25-23(30)16-22-20-9-8-18-14-19(29)15-24(31)27(18,5)21(20)10-11-26(22,25)4/h8-9,17,19,21-25,29-32H,6-7,10-16H2,1-5H3/t17?,19?,21-,22-,23?,24?,25-,26-,27-/m0/s1. The Bertz CT molecular complexity index is 789. The molecule has 188 valence electrons. The Hall–Kier alpha value is -0.330. The largest absolute Gasteiger partial charge is 0.393 e. The van der Waals surface area contributed by atoms with Gasteiger partial charge in [-0.05, 0) is 67.9 Å². The molecule has 3 fully saturated rings. The van der Waals surface area contributed by atoms with E-state index in [1.54, 1.807) is 0 Å². The van der Waals surface area contributed by atoms with Crippen molar-refractivity contribution in [3.8, 4) is 0 Å². The molecule has 3 saturated carbocycles. The van der Waals surface area contributed by atoms with Crippen molar-refractivity contribution in [3.63, 3.8) is 0 Å². The van der Waals surface area contributed by atoms with Gasteiger partial charge in [-0.3, -0.25) is 0 Å². The summed E-state index contributed by atoms with van der Waals surface area (Å²) in [6.07, 6.45) is 9.60. The van der Waals surface area contributed by atoms with Crippen molar-refractivity contribution in [3.05, 3.63) is 23.3 Å². The van der Waals surface area contributed by atoms with Gasteiger partial charge in [-0.2, -0.15) is 11.8 Å². The zero-order chi connectivity index (χ0) is 24.2. The summed E-state index contributed by atoms with van der Waals surface area (Å²) >= 11 is 1.92. The summed E-state index contributed by atoms with van der Waals surface area (Å²) in [5.41, 5.74) is 1.83. The first-order chi connectivity index (χ1) is 15.5. The molecule has 4 nitrogen and oxygen atoms in total. The summed E-state index contributed by atoms with van der Waals surface area (Å²) in [4.78, 5) is 0. The number of aliphatic hydroxyl groups is 4. The Morgan fingerprint density at radius 3 is 2.45 bits per heavy atom. The number of aliphatic hydroxyl groups excluding tert-OH is 3. The molecule has 0 aromatic heterocycles. The molecule has 0 saturated heterocycles. The fourth-order valence-corrected chi connectivity index (χ4v) is 9.66. The van der Waals surface area contributed by atoms with Crippen LogP contribution in [0.4, 0.5) is 0 Å². The number of hydrogen-bond acceptors (Lipinski definition) is 5. The molecule has 0 aliphatic heterocycles. The Kier molecular flexibility index (Phi) is 7.24. The van der Waals surface area contributed by atoms with Gasteiger partial charge in [-0.1, -0.05) is 57.9 Å². The Morgan fingerprint density at radius 1 is 1.09 bits per heavy atom. The van der Waals surface area contributed by atoms with Crippen molar-refractivity contribution in [1.29, 1.82) is 0 Å². The highest BCUT2D eigenvalue weighted by molar-refractivity contribution is 7.99. The van der Waals surface area contributed by atoms with E-state index in [0.717, 1.165) is 44.3 Å².